The Morgan fingerprint density at radius 3 is 2.67 bits per heavy atom. The van der Waals surface area contributed by atoms with Crippen molar-refractivity contribution in [3.63, 3.8) is 0 Å². The van der Waals surface area contributed by atoms with Crippen LogP contribution in [0.1, 0.15) is 46.0 Å². The van der Waals surface area contributed by atoms with Crippen LogP contribution in [0.3, 0.4) is 0 Å². The lowest BCUT2D eigenvalue weighted by atomic mass is 9.95. The highest BCUT2D eigenvalue weighted by Crippen LogP contribution is 2.29. The van der Waals surface area contributed by atoms with Crippen molar-refractivity contribution in [2.24, 2.45) is 0 Å². The first-order valence-corrected chi connectivity index (χ1v) is 9.30. The molecule has 0 unspecified atom stereocenters. The maximum absolute atomic E-state index is 4.54. The van der Waals surface area contributed by atoms with Gasteiger partial charge in [0.05, 0.1) is 17.2 Å². The molecule has 6 nitrogen and oxygen atoms in total. The number of halogens is 1. The molecule has 0 amide bonds. The summed E-state index contributed by atoms with van der Waals surface area (Å²) < 4.78 is 2.34. The van der Waals surface area contributed by atoms with E-state index in [4.69, 9.17) is 0 Å². The quantitative estimate of drug-likeness (QED) is 0.900. The molecule has 2 aliphatic rings. The number of hydrogen-bond donors (Lipinski definition) is 1. The van der Waals surface area contributed by atoms with Crippen LogP contribution >= 0.6 is 23.7 Å². The van der Waals surface area contributed by atoms with Crippen LogP contribution in [0.5, 0.6) is 0 Å². The fourth-order valence-electron chi connectivity index (χ4n) is 3.69. The van der Waals surface area contributed by atoms with Gasteiger partial charge in [-0.05, 0) is 39.8 Å². The van der Waals surface area contributed by atoms with E-state index in [1.54, 1.807) is 0 Å². The molecule has 2 aromatic rings. The summed E-state index contributed by atoms with van der Waals surface area (Å²) in [5.74, 6) is 2.88. The Kier molecular flexibility index (Phi) is 5.54. The van der Waals surface area contributed by atoms with E-state index in [9.17, 15) is 0 Å². The summed E-state index contributed by atoms with van der Waals surface area (Å²) in [6.45, 7) is 10.4. The van der Waals surface area contributed by atoms with Gasteiger partial charge in [-0.1, -0.05) is 0 Å². The Balaban J connectivity index is 0.00000169. The molecule has 0 bridgehead atoms. The van der Waals surface area contributed by atoms with Crippen molar-refractivity contribution < 1.29 is 0 Å². The number of piperidine rings is 1. The summed E-state index contributed by atoms with van der Waals surface area (Å²) in [7, 11) is 0. The predicted molar refractivity (Wildman–Crippen MR) is 97.8 cm³/mol. The average molecular weight is 369 g/mol. The van der Waals surface area contributed by atoms with Crippen molar-refractivity contribution >= 4 is 23.7 Å². The van der Waals surface area contributed by atoms with Gasteiger partial charge in [-0.2, -0.15) is 0 Å². The van der Waals surface area contributed by atoms with E-state index in [0.717, 1.165) is 45.1 Å². The second-order valence-corrected chi connectivity index (χ2v) is 7.88. The predicted octanol–water partition coefficient (Wildman–Crippen LogP) is 2.26. The first kappa shape index (κ1) is 17.8. The molecule has 8 heteroatoms. The largest absolute Gasteiger partial charge is 0.312 e. The minimum absolute atomic E-state index is 0. The van der Waals surface area contributed by atoms with Crippen molar-refractivity contribution in [3.8, 4) is 0 Å². The molecule has 1 N–H and O–H groups in total. The molecule has 0 atom stereocenters. The summed E-state index contributed by atoms with van der Waals surface area (Å²) in [4.78, 5) is 8.53. The highest BCUT2D eigenvalue weighted by molar-refractivity contribution is 7.11. The molecule has 0 saturated carbocycles. The molecule has 2 aliphatic heterocycles. The van der Waals surface area contributed by atoms with Gasteiger partial charge in [0.15, 0.2) is 0 Å². The SMILES string of the molecule is Cc1nc(C)c(CN2CCC(c3nnc4n3CCNC4)CC2)s1.Cl. The van der Waals surface area contributed by atoms with E-state index < -0.39 is 0 Å². The topological polar surface area (TPSA) is 58.9 Å². The fourth-order valence-corrected chi connectivity index (χ4v) is 4.67. The van der Waals surface area contributed by atoms with E-state index in [2.05, 4.69) is 43.8 Å². The standard InChI is InChI=1S/C16H24N6S.ClH/c1-11-14(23-12(2)18-11)10-21-6-3-13(4-7-21)16-20-19-15-9-17-5-8-22(15)16;/h13,17H,3-10H2,1-2H3;1H. The number of fused-ring (bicyclic) bond motifs is 1. The van der Waals surface area contributed by atoms with E-state index in [0.29, 0.717) is 5.92 Å². The fraction of sp³-hybridized carbons (Fsp3) is 0.688. The van der Waals surface area contributed by atoms with Gasteiger partial charge in [-0.3, -0.25) is 4.90 Å². The van der Waals surface area contributed by atoms with Crippen LogP contribution in [-0.2, 0) is 19.6 Å². The number of nitrogens with zero attached hydrogens (tertiary/aromatic N) is 5. The van der Waals surface area contributed by atoms with Gasteiger partial charge in [-0.15, -0.1) is 33.9 Å². The van der Waals surface area contributed by atoms with Gasteiger partial charge < -0.3 is 9.88 Å². The molecule has 4 heterocycles. The molecule has 0 aliphatic carbocycles. The van der Waals surface area contributed by atoms with Gasteiger partial charge in [0, 0.05) is 30.4 Å². The van der Waals surface area contributed by atoms with Crippen LogP contribution in [-0.4, -0.2) is 44.3 Å². The number of hydrogen-bond acceptors (Lipinski definition) is 6. The van der Waals surface area contributed by atoms with Crippen molar-refractivity contribution in [1.82, 2.24) is 30.0 Å². The first-order valence-electron chi connectivity index (χ1n) is 8.48. The lowest BCUT2D eigenvalue weighted by molar-refractivity contribution is 0.200. The third-order valence-electron chi connectivity index (χ3n) is 4.97. The summed E-state index contributed by atoms with van der Waals surface area (Å²) in [6.07, 6.45) is 2.37. The number of nitrogens with one attached hydrogen (secondary N) is 1. The maximum atomic E-state index is 4.54. The molecule has 1 fully saturated rings. The molecule has 24 heavy (non-hydrogen) atoms. The molecule has 4 rings (SSSR count). The third-order valence-corrected chi connectivity index (χ3v) is 6.03. The summed E-state index contributed by atoms with van der Waals surface area (Å²) >= 11 is 1.84. The second-order valence-electron chi connectivity index (χ2n) is 6.59. The van der Waals surface area contributed by atoms with Gasteiger partial charge in [0.2, 0.25) is 0 Å². The van der Waals surface area contributed by atoms with Crippen LogP contribution in [0.2, 0.25) is 0 Å². The third kappa shape index (κ3) is 3.49. The molecule has 132 valence electrons. The zero-order valence-electron chi connectivity index (χ0n) is 14.3. The minimum atomic E-state index is 0. The second kappa shape index (κ2) is 7.47. The number of rotatable bonds is 3. The van der Waals surface area contributed by atoms with E-state index >= 15 is 0 Å². The highest BCUT2D eigenvalue weighted by atomic mass is 35.5. The molecule has 0 radical (unpaired) electrons. The zero-order chi connectivity index (χ0) is 15.8. The van der Waals surface area contributed by atoms with E-state index in [-0.39, 0.29) is 12.4 Å². The maximum Gasteiger partial charge on any atom is 0.147 e. The Labute approximate surface area is 153 Å². The molecule has 2 aromatic heterocycles. The Bertz CT molecular complexity index is 689. The lowest BCUT2D eigenvalue weighted by Crippen LogP contribution is -2.34. The monoisotopic (exact) mass is 368 g/mol. The normalized spacial score (nSPS) is 19.1. The summed E-state index contributed by atoms with van der Waals surface area (Å²) in [6, 6.07) is 0. The van der Waals surface area contributed by atoms with Crippen LogP contribution in [0.4, 0.5) is 0 Å². The van der Waals surface area contributed by atoms with Crippen molar-refractivity contribution in [2.75, 3.05) is 19.6 Å². The zero-order valence-corrected chi connectivity index (χ0v) is 15.9. The minimum Gasteiger partial charge on any atom is -0.312 e. The Morgan fingerprint density at radius 1 is 1.17 bits per heavy atom. The average Bonchev–Trinajstić information content (AvgIpc) is 3.12. The number of aryl methyl sites for hydroxylation is 2. The molecule has 1 saturated heterocycles. The van der Waals surface area contributed by atoms with Crippen LogP contribution in [0.15, 0.2) is 0 Å². The number of thiazole rings is 1. The van der Waals surface area contributed by atoms with Gasteiger partial charge >= 0.3 is 0 Å². The van der Waals surface area contributed by atoms with Crippen LogP contribution < -0.4 is 5.32 Å². The molecular formula is C16H25ClN6S. The van der Waals surface area contributed by atoms with Crippen molar-refractivity contribution in [1.29, 1.82) is 0 Å². The van der Waals surface area contributed by atoms with Gasteiger partial charge in [0.1, 0.15) is 11.6 Å². The van der Waals surface area contributed by atoms with Crippen molar-refractivity contribution in [3.05, 3.63) is 27.2 Å². The Morgan fingerprint density at radius 2 is 1.96 bits per heavy atom. The lowest BCUT2D eigenvalue weighted by Gasteiger charge is -2.31. The molecule has 0 aromatic carbocycles. The van der Waals surface area contributed by atoms with Gasteiger partial charge in [-0.25, -0.2) is 4.98 Å². The summed E-state index contributed by atoms with van der Waals surface area (Å²) in [5, 5.41) is 13.4. The highest BCUT2D eigenvalue weighted by Gasteiger charge is 2.27. The smallest absolute Gasteiger partial charge is 0.147 e. The number of likely N-dealkylation sites (tertiary alicyclic amines) is 1. The van der Waals surface area contributed by atoms with Gasteiger partial charge in [0.25, 0.3) is 0 Å². The van der Waals surface area contributed by atoms with Crippen LogP contribution in [0.25, 0.3) is 0 Å². The molecule has 0 spiro atoms. The Hall–Kier alpha value is -1.02. The molecular weight excluding hydrogens is 344 g/mol. The first-order chi connectivity index (χ1) is 11.2. The van der Waals surface area contributed by atoms with Crippen LogP contribution in [0, 0.1) is 13.8 Å². The van der Waals surface area contributed by atoms with E-state index in [1.165, 1.54) is 34.2 Å². The number of aromatic nitrogens is 4. The summed E-state index contributed by atoms with van der Waals surface area (Å²) in [5.41, 5.74) is 1.20. The van der Waals surface area contributed by atoms with Crippen molar-refractivity contribution in [2.45, 2.75) is 52.2 Å². The van der Waals surface area contributed by atoms with E-state index in [1.807, 2.05) is 11.3 Å².